The lowest BCUT2D eigenvalue weighted by Crippen LogP contribution is -2.31. The maximum atomic E-state index is 13.7. The Morgan fingerprint density at radius 2 is 1.96 bits per heavy atom. The maximum Gasteiger partial charge on any atom is 0.303 e. The van der Waals surface area contributed by atoms with E-state index in [1.807, 2.05) is 24.3 Å². The molecule has 4 heteroatoms. The smallest absolute Gasteiger partial charge is 0.303 e. The molecule has 0 saturated carbocycles. The molecule has 2 aromatic carbocycles. The van der Waals surface area contributed by atoms with Gasteiger partial charge in [-0.3, -0.25) is 9.69 Å². The van der Waals surface area contributed by atoms with Crippen LogP contribution < -0.4 is 0 Å². The van der Waals surface area contributed by atoms with Crippen molar-refractivity contribution in [2.24, 2.45) is 0 Å². The lowest BCUT2D eigenvalue weighted by molar-refractivity contribution is -0.137. The largest absolute Gasteiger partial charge is 0.481 e. The van der Waals surface area contributed by atoms with Gasteiger partial charge in [0.25, 0.3) is 0 Å². The van der Waals surface area contributed by atoms with Gasteiger partial charge in [0.05, 0.1) is 0 Å². The lowest BCUT2D eigenvalue weighted by atomic mass is 9.76. The number of aliphatic carboxylic acids is 1. The zero-order valence-electron chi connectivity index (χ0n) is 13.6. The van der Waals surface area contributed by atoms with Crippen LogP contribution in [0.5, 0.6) is 0 Å². The highest BCUT2D eigenvalue weighted by molar-refractivity contribution is 5.67. The van der Waals surface area contributed by atoms with Crippen LogP contribution in [0.25, 0.3) is 0 Å². The van der Waals surface area contributed by atoms with Crippen LogP contribution in [0, 0.1) is 5.82 Å². The second-order valence-corrected chi connectivity index (χ2v) is 6.63. The number of benzene rings is 2. The first-order valence-electron chi connectivity index (χ1n) is 8.32. The van der Waals surface area contributed by atoms with E-state index in [4.69, 9.17) is 5.11 Å². The first-order valence-corrected chi connectivity index (χ1v) is 8.32. The highest BCUT2D eigenvalue weighted by Crippen LogP contribution is 2.39. The first-order chi connectivity index (χ1) is 11.6. The molecule has 3 nitrogen and oxygen atoms in total. The summed E-state index contributed by atoms with van der Waals surface area (Å²) in [6.07, 6.45) is 1.50. The van der Waals surface area contributed by atoms with E-state index in [1.165, 1.54) is 11.6 Å². The number of hydrogen-bond donors (Lipinski definition) is 1. The minimum absolute atomic E-state index is 0.107. The average Bonchev–Trinajstić information content (AvgIpc) is 2.98. The van der Waals surface area contributed by atoms with Gasteiger partial charge in [-0.1, -0.05) is 42.5 Å². The molecule has 1 N–H and O–H groups in total. The zero-order chi connectivity index (χ0) is 17.0. The second-order valence-electron chi connectivity index (χ2n) is 6.63. The van der Waals surface area contributed by atoms with Crippen molar-refractivity contribution in [2.75, 3.05) is 13.1 Å². The molecule has 1 unspecified atom stereocenters. The van der Waals surface area contributed by atoms with Gasteiger partial charge >= 0.3 is 5.97 Å². The maximum absolute atomic E-state index is 13.7. The van der Waals surface area contributed by atoms with Crippen LogP contribution in [0.15, 0.2) is 54.6 Å². The van der Waals surface area contributed by atoms with Gasteiger partial charge < -0.3 is 5.11 Å². The summed E-state index contributed by atoms with van der Waals surface area (Å²) in [6.45, 7) is 2.49. The van der Waals surface area contributed by atoms with Crippen molar-refractivity contribution < 1.29 is 14.3 Å². The summed E-state index contributed by atoms with van der Waals surface area (Å²) in [6, 6.07) is 16.9. The molecule has 1 heterocycles. The summed E-state index contributed by atoms with van der Waals surface area (Å²) in [7, 11) is 0. The van der Waals surface area contributed by atoms with E-state index in [1.54, 1.807) is 12.1 Å². The standard InChI is InChI=1S/C20H22FNO2/c21-18-8-4-7-17(13-18)20(10-9-19(23)24)11-12-22(15-20)14-16-5-2-1-3-6-16/h1-8,13H,9-12,14-15H2,(H,23,24). The van der Waals surface area contributed by atoms with Crippen LogP contribution in [0.1, 0.15) is 30.4 Å². The molecule has 1 atom stereocenters. The third-order valence-electron chi connectivity index (χ3n) is 4.94. The summed E-state index contributed by atoms with van der Waals surface area (Å²) in [5.74, 6) is -1.06. The predicted molar refractivity (Wildman–Crippen MR) is 91.3 cm³/mol. The van der Waals surface area contributed by atoms with Crippen molar-refractivity contribution in [1.82, 2.24) is 4.90 Å². The van der Waals surface area contributed by atoms with Crippen LogP contribution >= 0.6 is 0 Å². The molecular formula is C20H22FNO2. The minimum atomic E-state index is -0.799. The monoisotopic (exact) mass is 327 g/mol. The van der Waals surface area contributed by atoms with Gasteiger partial charge in [-0.15, -0.1) is 0 Å². The highest BCUT2D eigenvalue weighted by Gasteiger charge is 2.39. The summed E-state index contributed by atoms with van der Waals surface area (Å²) >= 11 is 0. The number of rotatable bonds is 6. The van der Waals surface area contributed by atoms with E-state index in [2.05, 4.69) is 17.0 Å². The molecule has 0 amide bonds. The number of carboxylic acids is 1. The molecule has 0 aromatic heterocycles. The van der Waals surface area contributed by atoms with E-state index in [-0.39, 0.29) is 17.7 Å². The van der Waals surface area contributed by atoms with Gasteiger partial charge in [-0.25, -0.2) is 4.39 Å². The van der Waals surface area contributed by atoms with Gasteiger partial charge in [-0.2, -0.15) is 0 Å². The molecule has 0 spiro atoms. The Bertz CT molecular complexity index is 704. The Hall–Kier alpha value is -2.20. The molecule has 24 heavy (non-hydrogen) atoms. The minimum Gasteiger partial charge on any atom is -0.481 e. The van der Waals surface area contributed by atoms with Gasteiger partial charge in [0.1, 0.15) is 5.82 Å². The third kappa shape index (κ3) is 3.82. The van der Waals surface area contributed by atoms with Crippen molar-refractivity contribution in [1.29, 1.82) is 0 Å². The third-order valence-corrected chi connectivity index (χ3v) is 4.94. The molecule has 0 radical (unpaired) electrons. The second kappa shape index (κ2) is 7.14. The fraction of sp³-hybridized carbons (Fsp3) is 0.350. The Morgan fingerprint density at radius 1 is 1.17 bits per heavy atom. The molecule has 2 aromatic rings. The number of carbonyl (C=O) groups is 1. The fourth-order valence-electron chi connectivity index (χ4n) is 3.68. The van der Waals surface area contributed by atoms with Crippen LogP contribution in [0.2, 0.25) is 0 Å². The Kier molecular flexibility index (Phi) is 4.95. The molecule has 3 rings (SSSR count). The quantitative estimate of drug-likeness (QED) is 0.876. The predicted octanol–water partition coefficient (Wildman–Crippen LogP) is 3.83. The van der Waals surface area contributed by atoms with Crippen molar-refractivity contribution in [3.63, 3.8) is 0 Å². The summed E-state index contributed by atoms with van der Waals surface area (Å²) in [4.78, 5) is 13.4. The lowest BCUT2D eigenvalue weighted by Gasteiger charge is -2.30. The molecule has 1 aliphatic heterocycles. The van der Waals surface area contributed by atoms with E-state index in [0.29, 0.717) is 6.42 Å². The van der Waals surface area contributed by atoms with Crippen LogP contribution in [0.4, 0.5) is 4.39 Å². The van der Waals surface area contributed by atoms with E-state index >= 15 is 0 Å². The highest BCUT2D eigenvalue weighted by atomic mass is 19.1. The van der Waals surface area contributed by atoms with E-state index in [0.717, 1.165) is 31.6 Å². The fourth-order valence-corrected chi connectivity index (χ4v) is 3.68. The molecule has 0 aliphatic carbocycles. The number of halogens is 1. The molecule has 0 bridgehead atoms. The Morgan fingerprint density at radius 3 is 2.67 bits per heavy atom. The van der Waals surface area contributed by atoms with Crippen molar-refractivity contribution >= 4 is 5.97 Å². The number of hydrogen-bond acceptors (Lipinski definition) is 2. The molecule has 1 aliphatic rings. The topological polar surface area (TPSA) is 40.5 Å². The molecule has 126 valence electrons. The SMILES string of the molecule is O=C(O)CCC1(c2cccc(F)c2)CCN(Cc2ccccc2)C1. The summed E-state index contributed by atoms with van der Waals surface area (Å²) in [5, 5.41) is 9.10. The molecule has 1 fully saturated rings. The van der Waals surface area contributed by atoms with E-state index in [9.17, 15) is 9.18 Å². The van der Waals surface area contributed by atoms with E-state index < -0.39 is 5.97 Å². The Balaban J connectivity index is 1.80. The molecular weight excluding hydrogens is 305 g/mol. The number of carboxylic acid groups (broad SMARTS) is 1. The van der Waals surface area contributed by atoms with Gasteiger partial charge in [0, 0.05) is 24.9 Å². The van der Waals surface area contributed by atoms with Gasteiger partial charge in [0.15, 0.2) is 0 Å². The van der Waals surface area contributed by atoms with Crippen molar-refractivity contribution in [3.8, 4) is 0 Å². The van der Waals surface area contributed by atoms with Crippen molar-refractivity contribution in [3.05, 3.63) is 71.5 Å². The Labute approximate surface area is 141 Å². The zero-order valence-corrected chi connectivity index (χ0v) is 13.6. The van der Waals surface area contributed by atoms with Crippen LogP contribution in [-0.4, -0.2) is 29.1 Å². The molecule has 1 saturated heterocycles. The van der Waals surface area contributed by atoms with Crippen molar-refractivity contribution in [2.45, 2.75) is 31.2 Å². The summed E-state index contributed by atoms with van der Waals surface area (Å²) < 4.78 is 13.7. The summed E-state index contributed by atoms with van der Waals surface area (Å²) in [5.41, 5.74) is 1.88. The average molecular weight is 327 g/mol. The number of nitrogens with zero attached hydrogens (tertiary/aromatic N) is 1. The normalized spacial score (nSPS) is 21.0. The van der Waals surface area contributed by atoms with Crippen LogP contribution in [-0.2, 0) is 16.8 Å². The van der Waals surface area contributed by atoms with Gasteiger partial charge in [-0.05, 0) is 42.6 Å². The van der Waals surface area contributed by atoms with Crippen LogP contribution in [0.3, 0.4) is 0 Å². The van der Waals surface area contributed by atoms with Gasteiger partial charge in [0.2, 0.25) is 0 Å². The number of likely N-dealkylation sites (tertiary alicyclic amines) is 1. The first kappa shape index (κ1) is 16.7.